The summed E-state index contributed by atoms with van der Waals surface area (Å²) in [4.78, 5) is 14.7. The smallest absolute Gasteiger partial charge is 0.242 e. The number of benzene rings is 1. The third-order valence-electron chi connectivity index (χ3n) is 4.66. The molecule has 0 aromatic heterocycles. The minimum Gasteiger partial charge on any atom is -0.497 e. The van der Waals surface area contributed by atoms with Crippen LogP contribution < -0.4 is 10.1 Å². The molecule has 5 heteroatoms. The molecule has 2 aliphatic heterocycles. The highest BCUT2D eigenvalue weighted by Crippen LogP contribution is 2.32. The number of rotatable bonds is 3. The first-order valence-corrected chi connectivity index (χ1v) is 7.94. The first-order valence-electron chi connectivity index (χ1n) is 7.94. The molecule has 120 valence electrons. The summed E-state index contributed by atoms with van der Waals surface area (Å²) >= 11 is 0. The summed E-state index contributed by atoms with van der Waals surface area (Å²) in [6.45, 7) is 4.83. The molecule has 0 bridgehead atoms. The Hall–Kier alpha value is -1.59. The first-order chi connectivity index (χ1) is 10.7. The van der Waals surface area contributed by atoms with Gasteiger partial charge in [0.25, 0.3) is 0 Å². The van der Waals surface area contributed by atoms with Crippen LogP contribution in [0.4, 0.5) is 0 Å². The number of hydrogen-bond donors (Lipinski definition) is 1. The molecule has 0 aliphatic carbocycles. The van der Waals surface area contributed by atoms with Crippen LogP contribution in [0.2, 0.25) is 0 Å². The van der Waals surface area contributed by atoms with Crippen molar-refractivity contribution in [3.05, 3.63) is 29.8 Å². The van der Waals surface area contributed by atoms with Crippen molar-refractivity contribution >= 4 is 5.91 Å². The summed E-state index contributed by atoms with van der Waals surface area (Å²) < 4.78 is 10.6. The number of morpholine rings is 1. The van der Waals surface area contributed by atoms with Crippen LogP contribution in [0.5, 0.6) is 5.75 Å². The molecule has 1 N–H and O–H groups in total. The van der Waals surface area contributed by atoms with E-state index in [-0.39, 0.29) is 18.0 Å². The third kappa shape index (κ3) is 3.10. The molecule has 2 fully saturated rings. The Kier molecular flexibility index (Phi) is 4.64. The van der Waals surface area contributed by atoms with Crippen LogP contribution in [0.1, 0.15) is 24.8 Å². The lowest BCUT2D eigenvalue weighted by atomic mass is 9.97. The molecule has 1 amide bonds. The fourth-order valence-electron chi connectivity index (χ4n) is 3.38. The van der Waals surface area contributed by atoms with E-state index in [1.165, 1.54) is 5.56 Å². The number of ether oxygens (including phenoxy) is 2. The van der Waals surface area contributed by atoms with Gasteiger partial charge < -0.3 is 19.7 Å². The Balaban J connectivity index is 1.66. The maximum absolute atomic E-state index is 12.7. The Morgan fingerprint density at radius 2 is 2.14 bits per heavy atom. The summed E-state index contributed by atoms with van der Waals surface area (Å²) in [6, 6.07) is 8.26. The molecule has 0 spiro atoms. The molecule has 3 rings (SSSR count). The van der Waals surface area contributed by atoms with E-state index in [1.54, 1.807) is 7.11 Å². The number of carbonyl (C=O) groups excluding carboxylic acids is 1. The number of nitrogens with zero attached hydrogens (tertiary/aromatic N) is 1. The van der Waals surface area contributed by atoms with Crippen molar-refractivity contribution in [2.45, 2.75) is 31.3 Å². The number of methoxy groups -OCH3 is 1. The highest BCUT2D eigenvalue weighted by Gasteiger charge is 2.36. The van der Waals surface area contributed by atoms with Crippen LogP contribution in [0.15, 0.2) is 24.3 Å². The Morgan fingerprint density at radius 1 is 1.36 bits per heavy atom. The van der Waals surface area contributed by atoms with Gasteiger partial charge in [-0.2, -0.15) is 0 Å². The van der Waals surface area contributed by atoms with E-state index in [9.17, 15) is 4.79 Å². The van der Waals surface area contributed by atoms with Crippen LogP contribution in [-0.2, 0) is 9.53 Å². The summed E-state index contributed by atoms with van der Waals surface area (Å²) in [5.41, 5.74) is 1.27. The summed E-state index contributed by atoms with van der Waals surface area (Å²) in [7, 11) is 1.67. The zero-order valence-electron chi connectivity index (χ0n) is 13.2. The number of amides is 1. The van der Waals surface area contributed by atoms with E-state index in [0.29, 0.717) is 19.1 Å². The molecular formula is C17H24N2O3. The van der Waals surface area contributed by atoms with Gasteiger partial charge in [-0.25, -0.2) is 0 Å². The van der Waals surface area contributed by atoms with Crippen LogP contribution in [0.25, 0.3) is 0 Å². The van der Waals surface area contributed by atoms with Crippen molar-refractivity contribution in [1.29, 1.82) is 0 Å². The number of nitrogens with one attached hydrogen (secondary N) is 1. The van der Waals surface area contributed by atoms with E-state index in [2.05, 4.69) is 24.4 Å². The fourth-order valence-corrected chi connectivity index (χ4v) is 3.38. The lowest BCUT2D eigenvalue weighted by molar-refractivity contribution is -0.136. The highest BCUT2D eigenvalue weighted by atomic mass is 16.5. The Morgan fingerprint density at radius 3 is 2.77 bits per heavy atom. The molecule has 2 saturated heterocycles. The second-order valence-corrected chi connectivity index (χ2v) is 6.13. The van der Waals surface area contributed by atoms with Gasteiger partial charge in [-0.3, -0.25) is 4.79 Å². The molecule has 5 nitrogen and oxygen atoms in total. The van der Waals surface area contributed by atoms with Gasteiger partial charge in [0, 0.05) is 25.0 Å². The monoisotopic (exact) mass is 304 g/mol. The highest BCUT2D eigenvalue weighted by molar-refractivity contribution is 5.82. The predicted octanol–water partition coefficient (Wildman–Crippen LogP) is 1.39. The number of hydrogen-bond acceptors (Lipinski definition) is 4. The number of likely N-dealkylation sites (tertiary alicyclic amines) is 1. The van der Waals surface area contributed by atoms with E-state index in [1.807, 2.05) is 17.0 Å². The molecule has 2 aliphatic rings. The van der Waals surface area contributed by atoms with Crippen LogP contribution in [0.3, 0.4) is 0 Å². The summed E-state index contributed by atoms with van der Waals surface area (Å²) in [6.07, 6.45) is 1.01. The van der Waals surface area contributed by atoms with Gasteiger partial charge in [0.1, 0.15) is 11.8 Å². The largest absolute Gasteiger partial charge is 0.497 e. The summed E-state index contributed by atoms with van der Waals surface area (Å²) in [5, 5.41) is 3.25. The van der Waals surface area contributed by atoms with Gasteiger partial charge in [-0.1, -0.05) is 12.1 Å². The predicted molar refractivity (Wildman–Crippen MR) is 84.1 cm³/mol. The Bertz CT molecular complexity index is 511. The first kappa shape index (κ1) is 15.3. The molecule has 22 heavy (non-hydrogen) atoms. The van der Waals surface area contributed by atoms with Crippen LogP contribution >= 0.6 is 0 Å². The average molecular weight is 304 g/mol. The topological polar surface area (TPSA) is 50.8 Å². The molecule has 0 radical (unpaired) electrons. The standard InChI is InChI=1S/C17H24N2O3/c1-12-9-14(13-3-5-15(21-2)6-4-13)10-19(12)17(20)16-11-22-8-7-18-16/h3-6,12,14,16,18H,7-11H2,1-2H3/t12-,14+,16+/m0/s1. The van der Waals surface area contributed by atoms with E-state index >= 15 is 0 Å². The quantitative estimate of drug-likeness (QED) is 0.917. The van der Waals surface area contributed by atoms with Gasteiger partial charge in [-0.05, 0) is 31.0 Å². The van der Waals surface area contributed by atoms with Crippen molar-refractivity contribution in [2.24, 2.45) is 0 Å². The van der Waals surface area contributed by atoms with Gasteiger partial charge in [0.05, 0.1) is 20.3 Å². The van der Waals surface area contributed by atoms with Crippen LogP contribution in [-0.4, -0.2) is 56.3 Å². The molecule has 1 aromatic rings. The van der Waals surface area contributed by atoms with Gasteiger partial charge in [0.2, 0.25) is 5.91 Å². The second kappa shape index (κ2) is 6.67. The average Bonchev–Trinajstić information content (AvgIpc) is 2.97. The normalized spacial score (nSPS) is 28.6. The second-order valence-electron chi connectivity index (χ2n) is 6.13. The van der Waals surface area contributed by atoms with E-state index < -0.39 is 0 Å². The molecule has 1 aromatic carbocycles. The molecule has 0 unspecified atom stereocenters. The van der Waals surface area contributed by atoms with Crippen molar-refractivity contribution in [2.75, 3.05) is 33.4 Å². The molecule has 2 heterocycles. The lowest BCUT2D eigenvalue weighted by Gasteiger charge is -2.29. The van der Waals surface area contributed by atoms with Crippen LogP contribution in [0, 0.1) is 0 Å². The zero-order valence-corrected chi connectivity index (χ0v) is 13.2. The van der Waals surface area contributed by atoms with Crippen molar-refractivity contribution in [3.63, 3.8) is 0 Å². The maximum Gasteiger partial charge on any atom is 0.242 e. The molecule has 3 atom stereocenters. The van der Waals surface area contributed by atoms with E-state index in [4.69, 9.17) is 9.47 Å². The third-order valence-corrected chi connectivity index (χ3v) is 4.66. The van der Waals surface area contributed by atoms with Crippen molar-refractivity contribution in [3.8, 4) is 5.75 Å². The van der Waals surface area contributed by atoms with Crippen molar-refractivity contribution in [1.82, 2.24) is 10.2 Å². The van der Waals surface area contributed by atoms with Crippen molar-refractivity contribution < 1.29 is 14.3 Å². The Labute approximate surface area is 131 Å². The fraction of sp³-hybridized carbons (Fsp3) is 0.588. The number of carbonyl (C=O) groups is 1. The summed E-state index contributed by atoms with van der Waals surface area (Å²) in [5.74, 6) is 1.43. The van der Waals surface area contributed by atoms with E-state index in [0.717, 1.165) is 25.3 Å². The molecule has 0 saturated carbocycles. The zero-order chi connectivity index (χ0) is 15.5. The minimum atomic E-state index is -0.189. The minimum absolute atomic E-state index is 0.170. The SMILES string of the molecule is COc1ccc([C@@H]2C[C@H](C)N(C(=O)[C@H]3COCCN3)C2)cc1. The molecular weight excluding hydrogens is 280 g/mol. The van der Waals surface area contributed by atoms with Gasteiger partial charge in [-0.15, -0.1) is 0 Å². The van der Waals surface area contributed by atoms with Gasteiger partial charge in [0.15, 0.2) is 0 Å². The van der Waals surface area contributed by atoms with Gasteiger partial charge >= 0.3 is 0 Å². The lowest BCUT2D eigenvalue weighted by Crippen LogP contribution is -2.53. The maximum atomic E-state index is 12.7.